The first-order valence-corrected chi connectivity index (χ1v) is 4.68. The van der Waals surface area contributed by atoms with Crippen molar-refractivity contribution >= 4 is 11.8 Å². The minimum absolute atomic E-state index is 0.299. The molecule has 0 aliphatic rings. The Labute approximate surface area is 80.7 Å². The summed E-state index contributed by atoms with van der Waals surface area (Å²) in [5, 5.41) is -2.75. The van der Waals surface area contributed by atoms with Gasteiger partial charge < -0.3 is 0 Å². The molecule has 0 nitrogen and oxygen atoms in total. The van der Waals surface area contributed by atoms with Gasteiger partial charge in [-0.2, -0.15) is 8.78 Å². The lowest BCUT2D eigenvalue weighted by atomic mass is 10.4. The number of benzene rings is 1. The largest absolute Gasteiger partial charge is 0.301 e. The van der Waals surface area contributed by atoms with Gasteiger partial charge in [0.05, 0.1) is 0 Å². The molecule has 1 aromatic rings. The molecule has 1 aromatic carbocycles. The van der Waals surface area contributed by atoms with Gasteiger partial charge in [-0.15, -0.1) is 6.58 Å². The van der Waals surface area contributed by atoms with E-state index in [0.29, 0.717) is 16.7 Å². The van der Waals surface area contributed by atoms with Crippen molar-refractivity contribution in [3.63, 3.8) is 0 Å². The summed E-state index contributed by atoms with van der Waals surface area (Å²) >= 11 is 0.566. The third-order valence-electron chi connectivity index (χ3n) is 1.39. The maximum atomic E-state index is 13.0. The molecule has 0 heterocycles. The quantitative estimate of drug-likeness (QED) is 0.524. The summed E-state index contributed by atoms with van der Waals surface area (Å²) in [7, 11) is 0. The summed E-state index contributed by atoms with van der Waals surface area (Å²) in [5.41, 5.74) is 0. The highest BCUT2D eigenvalue weighted by Crippen LogP contribution is 2.38. The molecule has 0 N–H and O–H groups in total. The molecule has 70 valence electrons. The van der Waals surface area contributed by atoms with Crippen LogP contribution in [0.3, 0.4) is 0 Å². The Kier molecular flexibility index (Phi) is 3.48. The fourth-order valence-electron chi connectivity index (χ4n) is 0.871. The van der Waals surface area contributed by atoms with E-state index in [9.17, 15) is 8.78 Å². The van der Waals surface area contributed by atoms with E-state index in [0.717, 1.165) is 0 Å². The molecule has 0 aliphatic carbocycles. The molecule has 0 saturated carbocycles. The summed E-state index contributed by atoms with van der Waals surface area (Å²) in [6, 6.07) is 8.62. The molecule has 0 aromatic heterocycles. The van der Waals surface area contributed by atoms with Crippen molar-refractivity contribution in [2.45, 2.75) is 16.6 Å². The monoisotopic (exact) mass is 200 g/mol. The van der Waals surface area contributed by atoms with Crippen molar-refractivity contribution in [2.24, 2.45) is 0 Å². The minimum atomic E-state index is -2.75. The van der Waals surface area contributed by atoms with E-state index in [1.54, 1.807) is 30.3 Å². The zero-order valence-electron chi connectivity index (χ0n) is 7.04. The number of rotatable bonds is 4. The van der Waals surface area contributed by atoms with Crippen LogP contribution in [0.25, 0.3) is 0 Å². The normalized spacial score (nSPS) is 11.2. The molecule has 0 fully saturated rings. The lowest BCUT2D eigenvalue weighted by molar-refractivity contribution is 0.110. The highest BCUT2D eigenvalue weighted by Gasteiger charge is 2.28. The highest BCUT2D eigenvalue weighted by molar-refractivity contribution is 8.00. The van der Waals surface area contributed by atoms with Crippen molar-refractivity contribution in [1.29, 1.82) is 0 Å². The average Bonchev–Trinajstić information content (AvgIpc) is 2.04. The van der Waals surface area contributed by atoms with Crippen molar-refractivity contribution in [1.82, 2.24) is 0 Å². The van der Waals surface area contributed by atoms with Gasteiger partial charge in [0.25, 0.3) is 0 Å². The van der Waals surface area contributed by atoms with Gasteiger partial charge in [0.2, 0.25) is 0 Å². The van der Waals surface area contributed by atoms with Gasteiger partial charge in [0.15, 0.2) is 0 Å². The predicted octanol–water partition coefficient (Wildman–Crippen LogP) is 3.95. The molecule has 0 aliphatic heterocycles. The SMILES string of the molecule is C=CCC(F)(F)Sc1ccccc1. The first-order chi connectivity index (χ1) is 6.14. The Morgan fingerprint density at radius 1 is 1.31 bits per heavy atom. The summed E-state index contributed by atoms with van der Waals surface area (Å²) in [4.78, 5) is 0.578. The maximum absolute atomic E-state index is 13.0. The Balaban J connectivity index is 2.63. The lowest BCUT2D eigenvalue weighted by Crippen LogP contribution is -2.07. The number of thioether (sulfide) groups is 1. The minimum Gasteiger partial charge on any atom is -0.194 e. The van der Waals surface area contributed by atoms with Crippen LogP contribution in [-0.2, 0) is 0 Å². The third kappa shape index (κ3) is 3.59. The molecule has 0 bridgehead atoms. The van der Waals surface area contributed by atoms with Crippen LogP contribution in [0.4, 0.5) is 8.78 Å². The molecule has 3 heteroatoms. The second-order valence-corrected chi connectivity index (χ2v) is 3.82. The first-order valence-electron chi connectivity index (χ1n) is 3.87. The van der Waals surface area contributed by atoms with E-state index in [-0.39, 0.29) is 6.42 Å². The highest BCUT2D eigenvalue weighted by atomic mass is 32.2. The zero-order valence-corrected chi connectivity index (χ0v) is 7.86. The van der Waals surface area contributed by atoms with Gasteiger partial charge in [-0.25, -0.2) is 0 Å². The Morgan fingerprint density at radius 2 is 1.92 bits per heavy atom. The first kappa shape index (κ1) is 10.3. The molecular weight excluding hydrogens is 190 g/mol. The Morgan fingerprint density at radius 3 is 2.46 bits per heavy atom. The molecule has 0 unspecified atom stereocenters. The zero-order chi connectivity index (χ0) is 9.73. The lowest BCUT2D eigenvalue weighted by Gasteiger charge is -2.12. The van der Waals surface area contributed by atoms with Crippen LogP contribution in [-0.4, -0.2) is 5.25 Å². The topological polar surface area (TPSA) is 0 Å². The molecule has 0 radical (unpaired) electrons. The molecule has 0 saturated heterocycles. The molecule has 13 heavy (non-hydrogen) atoms. The Hall–Kier alpha value is -0.830. The number of alkyl halides is 2. The fraction of sp³-hybridized carbons (Fsp3) is 0.200. The standard InChI is InChI=1S/C10H10F2S/c1-2-8-10(11,12)13-9-6-4-3-5-7-9/h2-7H,1,8H2. The fourth-order valence-corrected chi connectivity index (χ4v) is 1.71. The maximum Gasteiger partial charge on any atom is 0.301 e. The molecule has 0 spiro atoms. The van der Waals surface area contributed by atoms with E-state index in [2.05, 4.69) is 6.58 Å². The second-order valence-electron chi connectivity index (χ2n) is 2.55. The average molecular weight is 200 g/mol. The summed E-state index contributed by atoms with van der Waals surface area (Å²) in [6.07, 6.45) is 0.933. The van der Waals surface area contributed by atoms with Crippen LogP contribution in [0.5, 0.6) is 0 Å². The summed E-state index contributed by atoms with van der Waals surface area (Å²) < 4.78 is 26.0. The van der Waals surface area contributed by atoms with Crippen molar-refractivity contribution in [3.05, 3.63) is 43.0 Å². The second kappa shape index (κ2) is 4.42. The third-order valence-corrected chi connectivity index (χ3v) is 2.37. The number of halogens is 2. The van der Waals surface area contributed by atoms with Crippen molar-refractivity contribution in [3.8, 4) is 0 Å². The van der Waals surface area contributed by atoms with Crippen LogP contribution < -0.4 is 0 Å². The van der Waals surface area contributed by atoms with Crippen molar-refractivity contribution < 1.29 is 8.78 Å². The van der Waals surface area contributed by atoms with Gasteiger partial charge in [-0.05, 0) is 12.1 Å². The van der Waals surface area contributed by atoms with Crippen LogP contribution in [0, 0.1) is 0 Å². The predicted molar refractivity (Wildman–Crippen MR) is 52.1 cm³/mol. The van der Waals surface area contributed by atoms with Crippen LogP contribution in [0.2, 0.25) is 0 Å². The molecular formula is C10H10F2S. The summed E-state index contributed by atoms with van der Waals surface area (Å²) in [6.45, 7) is 3.29. The van der Waals surface area contributed by atoms with Gasteiger partial charge >= 0.3 is 5.25 Å². The molecule has 0 amide bonds. The van der Waals surface area contributed by atoms with E-state index in [1.165, 1.54) is 6.08 Å². The van der Waals surface area contributed by atoms with Crippen LogP contribution in [0.15, 0.2) is 47.9 Å². The van der Waals surface area contributed by atoms with E-state index in [1.807, 2.05) is 0 Å². The van der Waals surface area contributed by atoms with Crippen LogP contribution in [0.1, 0.15) is 6.42 Å². The summed E-state index contributed by atoms with van der Waals surface area (Å²) in [5.74, 6) is 0. The number of hydrogen-bond acceptors (Lipinski definition) is 1. The molecule has 0 atom stereocenters. The number of allylic oxidation sites excluding steroid dienone is 1. The van der Waals surface area contributed by atoms with Gasteiger partial charge in [0, 0.05) is 11.3 Å². The van der Waals surface area contributed by atoms with Gasteiger partial charge in [-0.3, -0.25) is 0 Å². The van der Waals surface area contributed by atoms with E-state index < -0.39 is 5.25 Å². The van der Waals surface area contributed by atoms with Crippen molar-refractivity contribution in [2.75, 3.05) is 0 Å². The Bertz CT molecular complexity index is 270. The van der Waals surface area contributed by atoms with Gasteiger partial charge in [0.1, 0.15) is 0 Å². The van der Waals surface area contributed by atoms with Gasteiger partial charge in [-0.1, -0.05) is 36.0 Å². The van der Waals surface area contributed by atoms with E-state index >= 15 is 0 Å². The van der Waals surface area contributed by atoms with E-state index in [4.69, 9.17) is 0 Å². The number of hydrogen-bond donors (Lipinski definition) is 0. The smallest absolute Gasteiger partial charge is 0.194 e. The molecule has 1 rings (SSSR count). The van der Waals surface area contributed by atoms with Crippen LogP contribution >= 0.6 is 11.8 Å².